The summed E-state index contributed by atoms with van der Waals surface area (Å²) < 4.78 is 17.5. The van der Waals surface area contributed by atoms with Crippen molar-refractivity contribution in [2.45, 2.75) is 20.8 Å². The van der Waals surface area contributed by atoms with Gasteiger partial charge in [0.2, 0.25) is 0 Å². The summed E-state index contributed by atoms with van der Waals surface area (Å²) in [7, 11) is 0. The smallest absolute Gasteiger partial charge is 0.408 e. The summed E-state index contributed by atoms with van der Waals surface area (Å²) in [5, 5.41) is 0. The lowest BCUT2D eigenvalue weighted by Crippen LogP contribution is -1.92. The van der Waals surface area contributed by atoms with Crippen LogP contribution in [0.25, 0.3) is 11.1 Å². The van der Waals surface area contributed by atoms with Crippen LogP contribution < -0.4 is 5.76 Å². The summed E-state index contributed by atoms with van der Waals surface area (Å²) in [5.41, 5.74) is 1.27. The molecule has 4 heteroatoms. The van der Waals surface area contributed by atoms with Gasteiger partial charge >= 0.3 is 5.76 Å². The third-order valence-corrected chi connectivity index (χ3v) is 1.70. The predicted molar refractivity (Wildman–Crippen MR) is 52.9 cm³/mol. The Kier molecular flexibility index (Phi) is 3.06. The first-order chi connectivity index (χ1) is 6.66. The second-order valence-electron chi connectivity index (χ2n) is 2.61. The molecule has 0 aliphatic carbocycles. The van der Waals surface area contributed by atoms with Gasteiger partial charge in [-0.3, -0.25) is 4.98 Å². The normalized spacial score (nSPS) is 9.71. The Morgan fingerprint density at radius 2 is 2.00 bits per heavy atom. The van der Waals surface area contributed by atoms with Crippen LogP contribution in [0, 0.1) is 12.7 Å². The number of aryl methyl sites for hydroxylation is 1. The molecule has 0 spiro atoms. The van der Waals surface area contributed by atoms with Gasteiger partial charge in [-0.05, 0) is 18.6 Å². The number of aromatic amines is 1. The maximum absolute atomic E-state index is 12.9. The molecular formula is C10H12FNO2. The molecule has 1 heterocycles. The zero-order chi connectivity index (χ0) is 10.7. The number of H-pyrrole nitrogens is 1. The zero-order valence-electron chi connectivity index (χ0n) is 8.35. The predicted octanol–water partition coefficient (Wildman–Crippen LogP) is 2.59. The Hall–Kier alpha value is -1.58. The topological polar surface area (TPSA) is 46.0 Å². The van der Waals surface area contributed by atoms with Crippen molar-refractivity contribution in [1.29, 1.82) is 0 Å². The van der Waals surface area contributed by atoms with Crippen LogP contribution in [0.4, 0.5) is 4.39 Å². The van der Waals surface area contributed by atoms with Crippen LogP contribution in [0.15, 0.2) is 21.3 Å². The van der Waals surface area contributed by atoms with Crippen LogP contribution in [-0.4, -0.2) is 4.98 Å². The molecule has 0 saturated heterocycles. The first-order valence-corrected chi connectivity index (χ1v) is 4.46. The highest BCUT2D eigenvalue weighted by molar-refractivity contribution is 5.72. The highest BCUT2D eigenvalue weighted by atomic mass is 19.1. The Morgan fingerprint density at radius 1 is 1.36 bits per heavy atom. The Labute approximate surface area is 80.6 Å². The van der Waals surface area contributed by atoms with Crippen LogP contribution in [0.1, 0.15) is 19.4 Å². The minimum atomic E-state index is -0.560. The summed E-state index contributed by atoms with van der Waals surface area (Å²) in [6.07, 6.45) is 0. The van der Waals surface area contributed by atoms with Crippen molar-refractivity contribution < 1.29 is 8.81 Å². The number of halogens is 1. The number of hydrogen-bond donors (Lipinski definition) is 1. The van der Waals surface area contributed by atoms with Gasteiger partial charge in [0.05, 0.1) is 5.52 Å². The molecule has 0 radical (unpaired) electrons. The quantitative estimate of drug-likeness (QED) is 0.705. The molecular weight excluding hydrogens is 185 g/mol. The standard InChI is InChI=1S/C8H6FNO2.C2H6/c1-4-2-6-7(3-5(4)9)12-8(11)10-6;1-2/h2-3H,1H3,(H,10,11);1-2H3. The van der Waals surface area contributed by atoms with Gasteiger partial charge in [0.1, 0.15) is 5.82 Å². The van der Waals surface area contributed by atoms with Crippen LogP contribution in [0.5, 0.6) is 0 Å². The molecule has 1 aromatic carbocycles. The fourth-order valence-corrected chi connectivity index (χ4v) is 1.08. The minimum Gasteiger partial charge on any atom is -0.408 e. The largest absolute Gasteiger partial charge is 0.417 e. The first-order valence-electron chi connectivity index (χ1n) is 4.46. The van der Waals surface area contributed by atoms with E-state index in [1.165, 1.54) is 12.1 Å². The van der Waals surface area contributed by atoms with E-state index in [1.54, 1.807) is 6.92 Å². The average Bonchev–Trinajstić information content (AvgIpc) is 2.49. The number of rotatable bonds is 0. The lowest BCUT2D eigenvalue weighted by Gasteiger charge is -1.92. The molecule has 0 fully saturated rings. The highest BCUT2D eigenvalue weighted by Crippen LogP contribution is 2.14. The fourth-order valence-electron chi connectivity index (χ4n) is 1.08. The molecule has 0 aliphatic heterocycles. The number of fused-ring (bicyclic) bond motifs is 1. The molecule has 0 aliphatic rings. The summed E-state index contributed by atoms with van der Waals surface area (Å²) in [4.78, 5) is 13.1. The summed E-state index contributed by atoms with van der Waals surface area (Å²) in [6, 6.07) is 2.73. The second-order valence-corrected chi connectivity index (χ2v) is 2.61. The Balaban J connectivity index is 0.000000461. The second kappa shape index (κ2) is 4.09. The van der Waals surface area contributed by atoms with Crippen molar-refractivity contribution in [3.63, 3.8) is 0 Å². The van der Waals surface area contributed by atoms with E-state index in [1.807, 2.05) is 13.8 Å². The summed E-state index contributed by atoms with van der Waals surface area (Å²) in [5.74, 6) is -0.930. The van der Waals surface area contributed by atoms with Crippen LogP contribution in [0.2, 0.25) is 0 Å². The van der Waals surface area contributed by atoms with E-state index in [0.717, 1.165) is 0 Å². The first kappa shape index (κ1) is 10.5. The van der Waals surface area contributed by atoms with Gasteiger partial charge < -0.3 is 4.42 Å². The molecule has 14 heavy (non-hydrogen) atoms. The van der Waals surface area contributed by atoms with Crippen molar-refractivity contribution in [3.05, 3.63) is 34.1 Å². The molecule has 0 atom stereocenters. The SMILES string of the molecule is CC.Cc1cc2[nH]c(=O)oc2cc1F. The van der Waals surface area contributed by atoms with E-state index in [-0.39, 0.29) is 11.4 Å². The van der Waals surface area contributed by atoms with Crippen LogP contribution in [-0.2, 0) is 0 Å². The van der Waals surface area contributed by atoms with E-state index < -0.39 is 5.76 Å². The zero-order valence-corrected chi connectivity index (χ0v) is 8.35. The molecule has 0 unspecified atom stereocenters. The third kappa shape index (κ3) is 1.84. The minimum absolute atomic E-state index is 0.253. The van der Waals surface area contributed by atoms with E-state index >= 15 is 0 Å². The maximum Gasteiger partial charge on any atom is 0.417 e. The summed E-state index contributed by atoms with van der Waals surface area (Å²) in [6.45, 7) is 5.63. The molecule has 2 aromatic rings. The maximum atomic E-state index is 12.9. The monoisotopic (exact) mass is 197 g/mol. The Bertz CT molecular complexity index is 442. The lowest BCUT2D eigenvalue weighted by molar-refractivity contribution is 0.550. The molecule has 1 aromatic heterocycles. The van der Waals surface area contributed by atoms with E-state index in [0.29, 0.717) is 11.1 Å². The van der Waals surface area contributed by atoms with Crippen molar-refractivity contribution in [2.75, 3.05) is 0 Å². The van der Waals surface area contributed by atoms with Crippen molar-refractivity contribution in [3.8, 4) is 0 Å². The molecule has 76 valence electrons. The molecule has 0 saturated carbocycles. The third-order valence-electron chi connectivity index (χ3n) is 1.70. The van der Waals surface area contributed by atoms with E-state index in [4.69, 9.17) is 0 Å². The van der Waals surface area contributed by atoms with E-state index in [9.17, 15) is 9.18 Å². The number of oxazole rings is 1. The average molecular weight is 197 g/mol. The Morgan fingerprint density at radius 3 is 2.64 bits per heavy atom. The van der Waals surface area contributed by atoms with Crippen LogP contribution in [0.3, 0.4) is 0 Å². The molecule has 3 nitrogen and oxygen atoms in total. The van der Waals surface area contributed by atoms with Gasteiger partial charge in [0.25, 0.3) is 0 Å². The van der Waals surface area contributed by atoms with Crippen LogP contribution >= 0.6 is 0 Å². The van der Waals surface area contributed by atoms with Gasteiger partial charge in [-0.15, -0.1) is 0 Å². The van der Waals surface area contributed by atoms with Gasteiger partial charge in [-0.25, -0.2) is 9.18 Å². The van der Waals surface area contributed by atoms with Crippen molar-refractivity contribution in [2.24, 2.45) is 0 Å². The number of nitrogens with one attached hydrogen (secondary N) is 1. The van der Waals surface area contributed by atoms with Gasteiger partial charge in [-0.1, -0.05) is 13.8 Å². The molecule has 0 bridgehead atoms. The van der Waals surface area contributed by atoms with Gasteiger partial charge in [0.15, 0.2) is 5.58 Å². The number of benzene rings is 1. The lowest BCUT2D eigenvalue weighted by atomic mass is 10.2. The summed E-state index contributed by atoms with van der Waals surface area (Å²) >= 11 is 0. The van der Waals surface area contributed by atoms with Crippen molar-refractivity contribution in [1.82, 2.24) is 4.98 Å². The highest BCUT2D eigenvalue weighted by Gasteiger charge is 2.04. The van der Waals surface area contributed by atoms with E-state index in [2.05, 4.69) is 9.40 Å². The van der Waals surface area contributed by atoms with Crippen molar-refractivity contribution >= 4 is 11.1 Å². The fraction of sp³-hybridized carbons (Fsp3) is 0.300. The van der Waals surface area contributed by atoms with Gasteiger partial charge in [-0.2, -0.15) is 0 Å². The molecule has 1 N–H and O–H groups in total. The number of hydrogen-bond acceptors (Lipinski definition) is 2. The molecule has 2 rings (SSSR count). The number of aromatic nitrogens is 1. The molecule has 0 amide bonds. The van der Waals surface area contributed by atoms with Gasteiger partial charge in [0, 0.05) is 6.07 Å².